The smallest absolute Gasteiger partial charge is 0.236 e. The van der Waals surface area contributed by atoms with Crippen LogP contribution in [-0.2, 0) is 11.3 Å². The van der Waals surface area contributed by atoms with Crippen molar-refractivity contribution >= 4 is 22.6 Å². The first kappa shape index (κ1) is 25.5. The van der Waals surface area contributed by atoms with Crippen LogP contribution in [0.25, 0.3) is 22.3 Å². The highest BCUT2D eigenvalue weighted by Crippen LogP contribution is 2.29. The highest BCUT2D eigenvalue weighted by atomic mass is 16.5. The van der Waals surface area contributed by atoms with Crippen molar-refractivity contribution in [3.05, 3.63) is 94.1 Å². The summed E-state index contributed by atoms with van der Waals surface area (Å²) in [7, 11) is 3.49. The normalized spacial score (nSPS) is 14.0. The molecular formula is C31H33N3O4. The van der Waals surface area contributed by atoms with E-state index in [1.807, 2.05) is 60.7 Å². The van der Waals surface area contributed by atoms with Crippen LogP contribution >= 0.6 is 0 Å². The summed E-state index contributed by atoms with van der Waals surface area (Å²) in [6.45, 7) is 5.74. The van der Waals surface area contributed by atoms with E-state index in [0.717, 1.165) is 48.7 Å². The molecule has 3 aromatic carbocycles. The molecule has 0 atom stereocenters. The highest BCUT2D eigenvalue weighted by molar-refractivity contribution is 5.84. The number of anilines is 1. The monoisotopic (exact) mass is 511 g/mol. The van der Waals surface area contributed by atoms with Crippen molar-refractivity contribution in [2.75, 3.05) is 51.8 Å². The maximum absolute atomic E-state index is 13.2. The highest BCUT2D eigenvalue weighted by Gasteiger charge is 2.23. The first-order chi connectivity index (χ1) is 18.5. The second kappa shape index (κ2) is 11.1. The average Bonchev–Trinajstić information content (AvgIpc) is 2.96. The Balaban J connectivity index is 1.28. The SMILES string of the molecule is COc1ccccc1N1CCN(CC(=O)N(C)Cc2cccc3c(=O)c(C)c(-c4ccccc4)oc23)CC1. The molecule has 0 N–H and O–H groups in total. The molecule has 0 spiro atoms. The summed E-state index contributed by atoms with van der Waals surface area (Å²) in [4.78, 5) is 32.5. The lowest BCUT2D eigenvalue weighted by Gasteiger charge is -2.36. The van der Waals surface area contributed by atoms with E-state index in [2.05, 4.69) is 15.9 Å². The predicted molar refractivity (Wildman–Crippen MR) is 151 cm³/mol. The topological polar surface area (TPSA) is 66.2 Å². The molecule has 2 heterocycles. The largest absolute Gasteiger partial charge is 0.495 e. The van der Waals surface area contributed by atoms with Crippen molar-refractivity contribution in [1.29, 1.82) is 0 Å². The van der Waals surface area contributed by atoms with Gasteiger partial charge >= 0.3 is 0 Å². The van der Waals surface area contributed by atoms with Gasteiger partial charge in [0, 0.05) is 56.5 Å². The summed E-state index contributed by atoms with van der Waals surface area (Å²) < 4.78 is 11.8. The lowest BCUT2D eigenvalue weighted by Crippen LogP contribution is -2.49. The molecule has 0 bridgehead atoms. The molecule has 4 aromatic rings. The zero-order chi connectivity index (χ0) is 26.6. The Bertz CT molecular complexity index is 1490. The van der Waals surface area contributed by atoms with Gasteiger partial charge in [-0.15, -0.1) is 0 Å². The Kier molecular flexibility index (Phi) is 7.47. The minimum atomic E-state index is -0.0474. The van der Waals surface area contributed by atoms with Crippen LogP contribution in [0.1, 0.15) is 11.1 Å². The average molecular weight is 512 g/mol. The molecule has 7 heteroatoms. The number of hydrogen-bond donors (Lipinski definition) is 0. The number of methoxy groups -OCH3 is 1. The number of nitrogens with zero attached hydrogens (tertiary/aromatic N) is 3. The second-order valence-electron chi connectivity index (χ2n) is 9.73. The molecule has 38 heavy (non-hydrogen) atoms. The Morgan fingerprint density at radius 1 is 0.947 bits per heavy atom. The number of piperazine rings is 1. The van der Waals surface area contributed by atoms with Crippen molar-refractivity contribution in [2.24, 2.45) is 0 Å². The summed E-state index contributed by atoms with van der Waals surface area (Å²) in [5.41, 5.74) is 3.82. The maximum Gasteiger partial charge on any atom is 0.236 e. The van der Waals surface area contributed by atoms with Crippen LogP contribution in [0.3, 0.4) is 0 Å². The number of carbonyl (C=O) groups is 1. The van der Waals surface area contributed by atoms with Crippen molar-refractivity contribution in [2.45, 2.75) is 13.5 Å². The molecule has 1 amide bonds. The fourth-order valence-electron chi connectivity index (χ4n) is 5.05. The third-order valence-corrected chi connectivity index (χ3v) is 7.25. The molecule has 0 radical (unpaired) electrons. The first-order valence-corrected chi connectivity index (χ1v) is 12.9. The summed E-state index contributed by atoms with van der Waals surface area (Å²) in [6, 6.07) is 23.2. The number of rotatable bonds is 7. The Labute approximate surface area is 222 Å². The van der Waals surface area contributed by atoms with Crippen LogP contribution in [0.2, 0.25) is 0 Å². The van der Waals surface area contributed by atoms with E-state index in [1.165, 1.54) is 0 Å². The Morgan fingerprint density at radius 2 is 1.66 bits per heavy atom. The lowest BCUT2D eigenvalue weighted by molar-refractivity contribution is -0.131. The van der Waals surface area contributed by atoms with Gasteiger partial charge in [0.15, 0.2) is 5.43 Å². The van der Waals surface area contributed by atoms with Crippen molar-refractivity contribution < 1.29 is 13.9 Å². The molecule has 1 aromatic heterocycles. The van der Waals surface area contributed by atoms with Gasteiger partial charge in [0.2, 0.25) is 5.91 Å². The number of fused-ring (bicyclic) bond motifs is 1. The van der Waals surface area contributed by atoms with E-state index >= 15 is 0 Å². The van der Waals surface area contributed by atoms with E-state index in [4.69, 9.17) is 9.15 Å². The van der Waals surface area contributed by atoms with Crippen LogP contribution < -0.4 is 15.1 Å². The Hall–Kier alpha value is -4.10. The van der Waals surface area contributed by atoms with E-state index in [0.29, 0.717) is 35.4 Å². The molecule has 1 aliphatic rings. The molecule has 7 nitrogen and oxygen atoms in total. The number of ether oxygens (including phenoxy) is 1. The number of amides is 1. The van der Waals surface area contributed by atoms with Gasteiger partial charge in [-0.3, -0.25) is 14.5 Å². The van der Waals surface area contributed by atoms with Crippen LogP contribution in [0.5, 0.6) is 5.75 Å². The Morgan fingerprint density at radius 3 is 2.39 bits per heavy atom. The van der Waals surface area contributed by atoms with E-state index < -0.39 is 0 Å². The van der Waals surface area contributed by atoms with Gasteiger partial charge < -0.3 is 19.0 Å². The number of para-hydroxylation sites is 3. The first-order valence-electron chi connectivity index (χ1n) is 12.9. The van der Waals surface area contributed by atoms with E-state index in [-0.39, 0.29) is 11.3 Å². The van der Waals surface area contributed by atoms with Crippen molar-refractivity contribution in [3.8, 4) is 17.1 Å². The second-order valence-corrected chi connectivity index (χ2v) is 9.73. The van der Waals surface area contributed by atoms with Gasteiger partial charge in [0.1, 0.15) is 17.1 Å². The molecule has 0 saturated carbocycles. The van der Waals surface area contributed by atoms with Crippen LogP contribution in [0.15, 0.2) is 82.0 Å². The molecule has 0 unspecified atom stereocenters. The maximum atomic E-state index is 13.2. The summed E-state index contributed by atoms with van der Waals surface area (Å²) in [5, 5.41) is 0.535. The molecule has 196 valence electrons. The molecule has 0 aliphatic carbocycles. The standard InChI is InChI=1S/C31H33N3O4/c1-22-29(36)25-13-9-12-24(31(25)38-30(22)23-10-5-4-6-11-23)20-32(2)28(35)21-33-16-18-34(19-17-33)26-14-7-8-15-27(26)37-3/h4-15H,16-21H2,1-3H3. The summed E-state index contributed by atoms with van der Waals surface area (Å²) >= 11 is 0. The van der Waals surface area contributed by atoms with Crippen LogP contribution in [0, 0.1) is 6.92 Å². The van der Waals surface area contributed by atoms with Gasteiger partial charge in [-0.1, -0.05) is 54.6 Å². The lowest BCUT2D eigenvalue weighted by atomic mass is 10.0. The zero-order valence-corrected chi connectivity index (χ0v) is 22.1. The molecule has 1 aliphatic heterocycles. The number of likely N-dealkylation sites (N-methyl/N-ethyl adjacent to an activating group) is 1. The fraction of sp³-hybridized carbons (Fsp3) is 0.290. The third kappa shape index (κ3) is 5.15. The third-order valence-electron chi connectivity index (χ3n) is 7.25. The molecule has 1 saturated heterocycles. The van der Waals surface area contributed by atoms with E-state index in [1.54, 1.807) is 32.0 Å². The van der Waals surface area contributed by atoms with Crippen molar-refractivity contribution in [1.82, 2.24) is 9.80 Å². The molecular weight excluding hydrogens is 478 g/mol. The van der Waals surface area contributed by atoms with Gasteiger partial charge in [-0.05, 0) is 25.1 Å². The zero-order valence-electron chi connectivity index (χ0n) is 22.1. The minimum absolute atomic E-state index is 0.0329. The number of benzene rings is 3. The van der Waals surface area contributed by atoms with Gasteiger partial charge in [-0.2, -0.15) is 0 Å². The predicted octanol–water partition coefficient (Wildman–Crippen LogP) is 4.56. The number of hydrogen-bond acceptors (Lipinski definition) is 6. The van der Waals surface area contributed by atoms with E-state index in [9.17, 15) is 9.59 Å². The van der Waals surface area contributed by atoms with Crippen molar-refractivity contribution in [3.63, 3.8) is 0 Å². The summed E-state index contributed by atoms with van der Waals surface area (Å²) in [5.74, 6) is 1.46. The van der Waals surface area contributed by atoms with Gasteiger partial charge in [0.25, 0.3) is 0 Å². The fourth-order valence-corrected chi connectivity index (χ4v) is 5.05. The van der Waals surface area contributed by atoms with Crippen LogP contribution in [0.4, 0.5) is 5.69 Å². The van der Waals surface area contributed by atoms with Crippen LogP contribution in [-0.4, -0.2) is 62.6 Å². The molecule has 5 rings (SSSR count). The quantitative estimate of drug-likeness (QED) is 0.363. The minimum Gasteiger partial charge on any atom is -0.495 e. The van der Waals surface area contributed by atoms with Gasteiger partial charge in [0.05, 0.1) is 24.7 Å². The summed E-state index contributed by atoms with van der Waals surface area (Å²) in [6.07, 6.45) is 0. The van der Waals surface area contributed by atoms with Gasteiger partial charge in [-0.25, -0.2) is 0 Å². The molecule has 1 fully saturated rings. The number of carbonyl (C=O) groups excluding carboxylic acids is 1.